The average Bonchev–Trinajstić information content (AvgIpc) is 3.44. The molecule has 0 amide bonds. The summed E-state index contributed by atoms with van der Waals surface area (Å²) in [5, 5.41) is 4.75. The molecule has 0 spiro atoms. The van der Waals surface area contributed by atoms with E-state index in [1.54, 1.807) is 0 Å². The highest BCUT2D eigenvalue weighted by molar-refractivity contribution is 5.77. The second-order valence-electron chi connectivity index (χ2n) is 10.4. The van der Waals surface area contributed by atoms with E-state index in [1.807, 2.05) is 45.0 Å². The zero-order valence-corrected chi connectivity index (χ0v) is 20.6. The van der Waals surface area contributed by atoms with Crippen molar-refractivity contribution in [2.75, 3.05) is 38.4 Å². The minimum absolute atomic E-state index is 0.0217. The van der Waals surface area contributed by atoms with Gasteiger partial charge in [0.05, 0.1) is 18.9 Å². The number of likely N-dealkylation sites (tertiary alicyclic amines) is 1. The number of anilines is 1. The first-order chi connectivity index (χ1) is 15.6. The third-order valence-electron chi connectivity index (χ3n) is 6.26. The lowest BCUT2D eigenvalue weighted by Crippen LogP contribution is -2.35. The zero-order chi connectivity index (χ0) is 24.5. The molecule has 33 heavy (non-hydrogen) atoms. The zero-order valence-electron chi connectivity index (χ0n) is 20.6. The molecule has 1 aromatic carbocycles. The third kappa shape index (κ3) is 9.19. The second kappa shape index (κ2) is 12.2. The topological polar surface area (TPSA) is 132 Å². The van der Waals surface area contributed by atoms with Crippen molar-refractivity contribution in [2.45, 2.75) is 52.0 Å². The van der Waals surface area contributed by atoms with Gasteiger partial charge in [-0.2, -0.15) is 5.10 Å². The molecule has 0 aromatic heterocycles. The van der Waals surface area contributed by atoms with Crippen LogP contribution in [0.25, 0.3) is 0 Å². The summed E-state index contributed by atoms with van der Waals surface area (Å²) in [7, 11) is 2.20. The van der Waals surface area contributed by atoms with Crippen LogP contribution in [0.3, 0.4) is 0 Å². The molecule has 6 N–H and O–H groups in total. The quantitative estimate of drug-likeness (QED) is 0.167. The SMILES string of the molecule is CC(C)(C)COC=O.CN1CCC(C2CC2(N)CCOc2ccc(N(N)/C=N\N)cc2)CC1. The van der Waals surface area contributed by atoms with Crippen molar-refractivity contribution >= 4 is 18.5 Å². The highest BCUT2D eigenvalue weighted by Crippen LogP contribution is 2.51. The lowest BCUT2D eigenvalue weighted by Gasteiger charge is -2.30. The number of hydrazine groups is 1. The van der Waals surface area contributed by atoms with Crippen molar-refractivity contribution in [2.24, 2.45) is 39.8 Å². The molecule has 2 fully saturated rings. The monoisotopic (exact) mass is 462 g/mol. The molecule has 1 saturated carbocycles. The molecule has 1 aromatic rings. The summed E-state index contributed by atoms with van der Waals surface area (Å²) in [6.45, 7) is 10.1. The fourth-order valence-electron chi connectivity index (χ4n) is 4.20. The van der Waals surface area contributed by atoms with Gasteiger partial charge in [0.2, 0.25) is 0 Å². The van der Waals surface area contributed by atoms with Gasteiger partial charge in [-0.15, -0.1) is 0 Å². The van der Waals surface area contributed by atoms with E-state index in [1.165, 1.54) is 37.3 Å². The number of ether oxygens (including phenoxy) is 2. The minimum atomic E-state index is -0.0217. The number of piperidine rings is 1. The Morgan fingerprint density at radius 1 is 1.24 bits per heavy atom. The molecule has 2 unspecified atom stereocenters. The summed E-state index contributed by atoms with van der Waals surface area (Å²) in [5.41, 5.74) is 7.44. The summed E-state index contributed by atoms with van der Waals surface area (Å²) < 4.78 is 10.4. The Morgan fingerprint density at radius 2 is 1.88 bits per heavy atom. The standard InChI is InChI=1S/C18H30N6O.C6H12O2/c1-23-9-6-14(7-10-23)17-12-18(17,19)8-11-25-16-4-2-15(3-5-16)24(21)13-22-20;1-6(2,3)4-8-5-7/h2-5,13-14,17H,6-12,19-21H2,1H3;5H,4H2,1-3H3/b22-13-;. The van der Waals surface area contributed by atoms with Gasteiger partial charge in [-0.3, -0.25) is 9.80 Å². The van der Waals surface area contributed by atoms with Crippen LogP contribution in [0.5, 0.6) is 5.75 Å². The number of carbonyl (C=O) groups excluding carboxylic acids is 1. The van der Waals surface area contributed by atoms with E-state index in [9.17, 15) is 4.79 Å². The molecule has 3 rings (SSSR count). The molecule has 1 saturated heterocycles. The van der Waals surface area contributed by atoms with Crippen molar-refractivity contribution in [3.05, 3.63) is 24.3 Å². The predicted molar refractivity (Wildman–Crippen MR) is 133 cm³/mol. The summed E-state index contributed by atoms with van der Waals surface area (Å²) >= 11 is 0. The molecule has 1 aliphatic heterocycles. The number of rotatable bonds is 9. The van der Waals surface area contributed by atoms with Gasteiger partial charge in [-0.25, -0.2) is 5.84 Å². The van der Waals surface area contributed by atoms with E-state index in [2.05, 4.69) is 21.8 Å². The number of nitrogens with two attached hydrogens (primary N) is 3. The summed E-state index contributed by atoms with van der Waals surface area (Å²) in [4.78, 5) is 12.0. The summed E-state index contributed by atoms with van der Waals surface area (Å²) in [6, 6.07) is 7.52. The van der Waals surface area contributed by atoms with Crippen LogP contribution in [0, 0.1) is 17.3 Å². The third-order valence-corrected chi connectivity index (χ3v) is 6.26. The van der Waals surface area contributed by atoms with Gasteiger partial charge in [0.15, 0.2) is 0 Å². The first-order valence-electron chi connectivity index (χ1n) is 11.6. The highest BCUT2D eigenvalue weighted by atomic mass is 16.5. The maximum atomic E-state index is 9.63. The molecular weight excluding hydrogens is 420 g/mol. The van der Waals surface area contributed by atoms with Crippen LogP contribution >= 0.6 is 0 Å². The van der Waals surface area contributed by atoms with Gasteiger partial charge >= 0.3 is 0 Å². The Hall–Kier alpha value is -2.36. The van der Waals surface area contributed by atoms with E-state index in [-0.39, 0.29) is 11.0 Å². The minimum Gasteiger partial charge on any atom is -0.494 e. The number of hydrogen-bond acceptors (Lipinski definition) is 8. The van der Waals surface area contributed by atoms with Crippen molar-refractivity contribution in [3.63, 3.8) is 0 Å². The molecule has 186 valence electrons. The number of benzene rings is 1. The molecule has 1 aliphatic carbocycles. The van der Waals surface area contributed by atoms with Gasteiger partial charge in [-0.1, -0.05) is 20.8 Å². The molecule has 9 nitrogen and oxygen atoms in total. The van der Waals surface area contributed by atoms with Gasteiger partial charge < -0.3 is 25.9 Å². The largest absolute Gasteiger partial charge is 0.494 e. The smallest absolute Gasteiger partial charge is 0.293 e. The average molecular weight is 463 g/mol. The van der Waals surface area contributed by atoms with Crippen LogP contribution in [0.4, 0.5) is 5.69 Å². The predicted octanol–water partition coefficient (Wildman–Crippen LogP) is 2.30. The van der Waals surface area contributed by atoms with Crippen LogP contribution in [0.2, 0.25) is 0 Å². The molecule has 1 heterocycles. The van der Waals surface area contributed by atoms with Crippen molar-refractivity contribution in [1.29, 1.82) is 0 Å². The lowest BCUT2D eigenvalue weighted by molar-refractivity contribution is -0.131. The van der Waals surface area contributed by atoms with Crippen LogP contribution in [0.1, 0.15) is 46.5 Å². The van der Waals surface area contributed by atoms with Crippen molar-refractivity contribution in [3.8, 4) is 5.75 Å². The van der Waals surface area contributed by atoms with E-state index in [4.69, 9.17) is 22.2 Å². The fourth-order valence-corrected chi connectivity index (χ4v) is 4.20. The molecule has 0 bridgehead atoms. The first kappa shape index (κ1) is 26.9. The normalized spacial score (nSPS) is 23.5. The van der Waals surface area contributed by atoms with Crippen LogP contribution in [-0.4, -0.2) is 56.6 Å². The maximum Gasteiger partial charge on any atom is 0.293 e. The molecular formula is C24H42N6O3. The Balaban J connectivity index is 0.000000414. The molecule has 0 radical (unpaired) electrons. The maximum absolute atomic E-state index is 9.63. The Bertz CT molecular complexity index is 744. The Kier molecular flexibility index (Phi) is 9.94. The van der Waals surface area contributed by atoms with E-state index >= 15 is 0 Å². The molecule has 2 aliphatic rings. The number of hydrogen-bond donors (Lipinski definition) is 3. The Labute approximate surface area is 198 Å². The number of nitrogens with zero attached hydrogens (tertiary/aromatic N) is 3. The Morgan fingerprint density at radius 3 is 2.39 bits per heavy atom. The van der Waals surface area contributed by atoms with Gasteiger partial charge in [0.1, 0.15) is 12.1 Å². The van der Waals surface area contributed by atoms with E-state index < -0.39 is 0 Å². The van der Waals surface area contributed by atoms with E-state index in [0.717, 1.165) is 30.2 Å². The summed E-state index contributed by atoms with van der Waals surface area (Å²) in [5.74, 6) is 13.1. The van der Waals surface area contributed by atoms with Gasteiger partial charge in [0, 0.05) is 5.54 Å². The van der Waals surface area contributed by atoms with Gasteiger partial charge in [0.25, 0.3) is 6.47 Å². The summed E-state index contributed by atoms with van der Waals surface area (Å²) in [6.07, 6.45) is 5.97. The lowest BCUT2D eigenvalue weighted by atomic mass is 9.89. The molecule has 9 heteroatoms. The first-order valence-corrected chi connectivity index (χ1v) is 11.6. The number of hydrazone groups is 1. The van der Waals surface area contributed by atoms with Crippen molar-refractivity contribution < 1.29 is 14.3 Å². The number of carbonyl (C=O) groups is 1. The fraction of sp³-hybridized carbons (Fsp3) is 0.667. The highest BCUT2D eigenvalue weighted by Gasteiger charge is 2.54. The van der Waals surface area contributed by atoms with E-state index in [0.29, 0.717) is 25.6 Å². The molecule has 2 atom stereocenters. The second-order valence-corrected chi connectivity index (χ2v) is 10.4. The van der Waals surface area contributed by atoms with Crippen LogP contribution in [-0.2, 0) is 9.53 Å². The van der Waals surface area contributed by atoms with Crippen LogP contribution < -0.4 is 27.2 Å². The van der Waals surface area contributed by atoms with Gasteiger partial charge in [-0.05, 0) is 87.3 Å². The van der Waals surface area contributed by atoms with Crippen LogP contribution in [0.15, 0.2) is 29.4 Å². The van der Waals surface area contributed by atoms with Crippen molar-refractivity contribution in [1.82, 2.24) is 4.90 Å².